The Morgan fingerprint density at radius 3 is 2.64 bits per heavy atom. The standard InChI is InChI=1S/C21H29FN4O2/c1-14(2)18-19(27)26(13-15-6-7-15)21(24-18)8-10-25(11-9-21)20(28)23-17-5-3-4-16(22)12-17/h3-5,12,14-15,18,24H,6-11,13H2,1-2H3,(H,23,28). The van der Waals surface area contributed by atoms with Crippen LogP contribution in [0.4, 0.5) is 14.9 Å². The zero-order valence-electron chi connectivity index (χ0n) is 16.6. The number of rotatable bonds is 4. The number of nitrogens with zero attached hydrogens (tertiary/aromatic N) is 2. The first-order chi connectivity index (χ1) is 13.4. The van der Waals surface area contributed by atoms with Crippen LogP contribution in [-0.2, 0) is 4.79 Å². The minimum atomic E-state index is -0.375. The molecule has 4 rings (SSSR count). The van der Waals surface area contributed by atoms with Crippen LogP contribution in [0.2, 0.25) is 0 Å². The summed E-state index contributed by atoms with van der Waals surface area (Å²) in [5.74, 6) is 0.699. The van der Waals surface area contributed by atoms with E-state index in [-0.39, 0.29) is 35.4 Å². The molecule has 0 radical (unpaired) electrons. The Morgan fingerprint density at radius 2 is 2.04 bits per heavy atom. The second kappa shape index (κ2) is 7.35. The summed E-state index contributed by atoms with van der Waals surface area (Å²) in [6.07, 6.45) is 3.83. The molecule has 1 aromatic carbocycles. The lowest BCUT2D eigenvalue weighted by atomic mass is 9.95. The number of carbonyl (C=O) groups excluding carboxylic acids is 2. The molecular formula is C21H29FN4O2. The number of anilines is 1. The van der Waals surface area contributed by atoms with Crippen LogP contribution in [0.25, 0.3) is 0 Å². The molecule has 1 aliphatic carbocycles. The van der Waals surface area contributed by atoms with Crippen LogP contribution < -0.4 is 10.6 Å². The van der Waals surface area contributed by atoms with E-state index in [0.29, 0.717) is 37.5 Å². The van der Waals surface area contributed by atoms with Crippen LogP contribution >= 0.6 is 0 Å². The molecular weight excluding hydrogens is 359 g/mol. The summed E-state index contributed by atoms with van der Waals surface area (Å²) in [6.45, 7) is 6.10. The van der Waals surface area contributed by atoms with Gasteiger partial charge in [0.2, 0.25) is 5.91 Å². The molecule has 152 valence electrons. The quantitative estimate of drug-likeness (QED) is 0.833. The SMILES string of the molecule is CC(C)C1NC2(CCN(C(=O)Nc3cccc(F)c3)CC2)N(CC2CC2)C1=O. The van der Waals surface area contributed by atoms with E-state index in [1.165, 1.54) is 25.0 Å². The molecule has 2 aliphatic heterocycles. The number of piperidine rings is 1. The second-order valence-corrected chi connectivity index (χ2v) is 8.72. The summed E-state index contributed by atoms with van der Waals surface area (Å²) >= 11 is 0. The summed E-state index contributed by atoms with van der Waals surface area (Å²) in [4.78, 5) is 29.4. The van der Waals surface area contributed by atoms with Crippen molar-refractivity contribution in [3.8, 4) is 0 Å². The molecule has 1 atom stereocenters. The average molecular weight is 388 g/mol. The Morgan fingerprint density at radius 1 is 1.32 bits per heavy atom. The average Bonchev–Trinajstić information content (AvgIpc) is 3.44. The van der Waals surface area contributed by atoms with E-state index in [1.54, 1.807) is 17.0 Å². The number of hydrogen-bond acceptors (Lipinski definition) is 3. The maximum absolute atomic E-state index is 13.3. The summed E-state index contributed by atoms with van der Waals surface area (Å²) in [7, 11) is 0. The number of amides is 3. The van der Waals surface area contributed by atoms with E-state index in [4.69, 9.17) is 0 Å². The summed E-state index contributed by atoms with van der Waals surface area (Å²) in [6, 6.07) is 5.54. The highest BCUT2D eigenvalue weighted by molar-refractivity contribution is 5.89. The van der Waals surface area contributed by atoms with Gasteiger partial charge in [-0.05, 0) is 42.9 Å². The van der Waals surface area contributed by atoms with Gasteiger partial charge < -0.3 is 15.1 Å². The van der Waals surface area contributed by atoms with Crippen molar-refractivity contribution in [3.05, 3.63) is 30.1 Å². The maximum Gasteiger partial charge on any atom is 0.321 e. The van der Waals surface area contributed by atoms with E-state index in [0.717, 1.165) is 6.54 Å². The van der Waals surface area contributed by atoms with Crippen molar-refractivity contribution in [2.75, 3.05) is 25.0 Å². The lowest BCUT2D eigenvalue weighted by Gasteiger charge is -2.44. The number of halogens is 1. The van der Waals surface area contributed by atoms with Gasteiger partial charge >= 0.3 is 6.03 Å². The Bertz CT molecular complexity index is 757. The molecule has 1 aromatic rings. The predicted octanol–water partition coefficient (Wildman–Crippen LogP) is 3.02. The summed E-state index contributed by atoms with van der Waals surface area (Å²) < 4.78 is 13.3. The molecule has 3 amide bonds. The van der Waals surface area contributed by atoms with Crippen LogP contribution in [-0.4, -0.2) is 53.1 Å². The van der Waals surface area contributed by atoms with Gasteiger partial charge in [-0.1, -0.05) is 19.9 Å². The molecule has 28 heavy (non-hydrogen) atoms. The topological polar surface area (TPSA) is 64.7 Å². The van der Waals surface area contributed by atoms with Crippen molar-refractivity contribution in [2.24, 2.45) is 11.8 Å². The lowest BCUT2D eigenvalue weighted by molar-refractivity contribution is -0.134. The Balaban J connectivity index is 1.42. The largest absolute Gasteiger partial charge is 0.324 e. The fourth-order valence-corrected chi connectivity index (χ4v) is 4.35. The molecule has 1 spiro atoms. The van der Waals surface area contributed by atoms with Gasteiger partial charge in [0.25, 0.3) is 0 Å². The number of benzene rings is 1. The van der Waals surface area contributed by atoms with E-state index in [9.17, 15) is 14.0 Å². The number of urea groups is 1. The Kier molecular flexibility index (Phi) is 5.04. The van der Waals surface area contributed by atoms with Crippen molar-refractivity contribution >= 4 is 17.6 Å². The molecule has 6 nitrogen and oxygen atoms in total. The zero-order chi connectivity index (χ0) is 19.9. The van der Waals surface area contributed by atoms with Crippen LogP contribution in [0.1, 0.15) is 39.5 Å². The van der Waals surface area contributed by atoms with E-state index < -0.39 is 0 Å². The smallest absolute Gasteiger partial charge is 0.321 e. The summed E-state index contributed by atoms with van der Waals surface area (Å²) in [5, 5.41) is 6.39. The van der Waals surface area contributed by atoms with Gasteiger partial charge in [-0.25, -0.2) is 9.18 Å². The second-order valence-electron chi connectivity index (χ2n) is 8.72. The molecule has 1 saturated carbocycles. The normalized spacial score (nSPS) is 24.3. The minimum absolute atomic E-state index is 0.147. The highest BCUT2D eigenvalue weighted by Crippen LogP contribution is 2.39. The van der Waals surface area contributed by atoms with Gasteiger partial charge in [-0.15, -0.1) is 0 Å². The van der Waals surface area contributed by atoms with Crippen molar-refractivity contribution in [1.82, 2.24) is 15.1 Å². The third kappa shape index (κ3) is 3.72. The van der Waals surface area contributed by atoms with Crippen molar-refractivity contribution in [1.29, 1.82) is 0 Å². The molecule has 0 bridgehead atoms. The van der Waals surface area contributed by atoms with Gasteiger partial charge in [-0.2, -0.15) is 0 Å². The highest BCUT2D eigenvalue weighted by atomic mass is 19.1. The third-order valence-electron chi connectivity index (χ3n) is 6.23. The first kappa shape index (κ1) is 19.2. The van der Waals surface area contributed by atoms with Crippen molar-refractivity contribution in [2.45, 2.75) is 51.2 Å². The Labute approximate surface area is 165 Å². The van der Waals surface area contributed by atoms with Crippen LogP contribution in [0.3, 0.4) is 0 Å². The maximum atomic E-state index is 13.3. The minimum Gasteiger partial charge on any atom is -0.324 e. The van der Waals surface area contributed by atoms with Gasteiger partial charge in [0, 0.05) is 38.2 Å². The van der Waals surface area contributed by atoms with Crippen molar-refractivity contribution < 1.29 is 14.0 Å². The third-order valence-corrected chi connectivity index (χ3v) is 6.23. The monoisotopic (exact) mass is 388 g/mol. The number of likely N-dealkylation sites (tertiary alicyclic amines) is 1. The lowest BCUT2D eigenvalue weighted by Crippen LogP contribution is -2.60. The van der Waals surface area contributed by atoms with Crippen LogP contribution in [0.15, 0.2) is 24.3 Å². The van der Waals surface area contributed by atoms with Crippen molar-refractivity contribution in [3.63, 3.8) is 0 Å². The fourth-order valence-electron chi connectivity index (χ4n) is 4.35. The molecule has 2 N–H and O–H groups in total. The fraction of sp³-hybridized carbons (Fsp3) is 0.619. The molecule has 2 heterocycles. The zero-order valence-corrected chi connectivity index (χ0v) is 16.6. The summed E-state index contributed by atoms with van der Waals surface area (Å²) in [5.41, 5.74) is 0.110. The molecule has 2 saturated heterocycles. The first-order valence-electron chi connectivity index (χ1n) is 10.3. The molecule has 3 aliphatic rings. The molecule has 3 fully saturated rings. The van der Waals surface area contributed by atoms with Gasteiger partial charge in [0.1, 0.15) is 5.82 Å². The van der Waals surface area contributed by atoms with E-state index >= 15 is 0 Å². The van der Waals surface area contributed by atoms with Gasteiger partial charge in [0.05, 0.1) is 11.7 Å². The Hall–Kier alpha value is -2.15. The first-order valence-corrected chi connectivity index (χ1v) is 10.3. The molecule has 0 aromatic heterocycles. The van der Waals surface area contributed by atoms with Crippen LogP contribution in [0.5, 0.6) is 0 Å². The molecule has 7 heteroatoms. The molecule has 1 unspecified atom stereocenters. The highest BCUT2D eigenvalue weighted by Gasteiger charge is 2.53. The predicted molar refractivity (Wildman–Crippen MR) is 105 cm³/mol. The number of hydrogen-bond donors (Lipinski definition) is 2. The van der Waals surface area contributed by atoms with Gasteiger partial charge in [-0.3, -0.25) is 10.1 Å². The number of nitrogens with one attached hydrogen (secondary N) is 2. The number of carbonyl (C=O) groups is 2. The van der Waals surface area contributed by atoms with E-state index in [1.807, 2.05) is 0 Å². The van der Waals surface area contributed by atoms with Crippen LogP contribution in [0, 0.1) is 17.7 Å². The van der Waals surface area contributed by atoms with Gasteiger partial charge in [0.15, 0.2) is 0 Å². The van der Waals surface area contributed by atoms with E-state index in [2.05, 4.69) is 29.4 Å².